The number of hydrogen-bond acceptors (Lipinski definition) is 3. The van der Waals surface area contributed by atoms with Crippen molar-refractivity contribution in [2.75, 3.05) is 6.54 Å². The Morgan fingerprint density at radius 1 is 1.12 bits per heavy atom. The summed E-state index contributed by atoms with van der Waals surface area (Å²) in [4.78, 5) is 4.79. The van der Waals surface area contributed by atoms with E-state index in [-0.39, 0.29) is 0 Å². The second-order valence-electron chi connectivity index (χ2n) is 6.83. The highest BCUT2D eigenvalue weighted by atomic mass is 15.3. The van der Waals surface area contributed by atoms with E-state index in [4.69, 9.17) is 10.1 Å². The lowest BCUT2D eigenvalue weighted by Gasteiger charge is -2.17. The molecule has 3 aromatic rings. The van der Waals surface area contributed by atoms with Crippen LogP contribution in [0.1, 0.15) is 42.5 Å². The minimum atomic E-state index is 0.421. The predicted molar refractivity (Wildman–Crippen MR) is 97.2 cm³/mol. The van der Waals surface area contributed by atoms with Crippen LogP contribution in [-0.4, -0.2) is 21.3 Å². The van der Waals surface area contributed by atoms with Crippen molar-refractivity contribution in [2.45, 2.75) is 45.7 Å². The molecule has 0 radical (unpaired) electrons. The van der Waals surface area contributed by atoms with Crippen LogP contribution in [0.4, 0.5) is 0 Å². The van der Waals surface area contributed by atoms with Crippen molar-refractivity contribution >= 4 is 10.9 Å². The highest BCUT2D eigenvalue weighted by molar-refractivity contribution is 5.78. The van der Waals surface area contributed by atoms with E-state index in [9.17, 15) is 0 Å². The van der Waals surface area contributed by atoms with Crippen molar-refractivity contribution in [1.29, 1.82) is 0 Å². The smallest absolute Gasteiger partial charge is 0.0705 e. The molecule has 0 saturated heterocycles. The van der Waals surface area contributed by atoms with E-state index in [1.54, 1.807) is 0 Å². The summed E-state index contributed by atoms with van der Waals surface area (Å²) in [5.74, 6) is 0. The van der Waals surface area contributed by atoms with Gasteiger partial charge in [0.05, 0.1) is 11.2 Å². The van der Waals surface area contributed by atoms with Crippen LogP contribution in [0.2, 0.25) is 0 Å². The maximum Gasteiger partial charge on any atom is 0.0705 e. The summed E-state index contributed by atoms with van der Waals surface area (Å²) in [7, 11) is 0. The molecular weight excluding hydrogens is 296 g/mol. The Kier molecular flexibility index (Phi) is 4.07. The molecule has 0 fully saturated rings. The zero-order chi connectivity index (χ0) is 16.5. The molecule has 1 aliphatic heterocycles. The molecule has 0 aliphatic carbocycles. The highest BCUT2D eigenvalue weighted by Crippen LogP contribution is 2.23. The first-order chi connectivity index (χ1) is 11.7. The number of rotatable bonds is 4. The third-order valence-corrected chi connectivity index (χ3v) is 4.81. The van der Waals surface area contributed by atoms with Gasteiger partial charge in [0.2, 0.25) is 0 Å². The second kappa shape index (κ2) is 6.36. The minimum Gasteiger partial charge on any atom is -0.312 e. The number of aromatic nitrogens is 3. The molecular formula is C20H24N4. The average molecular weight is 320 g/mol. The van der Waals surface area contributed by atoms with Crippen LogP contribution >= 0.6 is 0 Å². The number of benzene rings is 1. The number of aryl methyl sites for hydroxylation is 2. The molecule has 0 amide bonds. The monoisotopic (exact) mass is 320 g/mol. The van der Waals surface area contributed by atoms with Crippen molar-refractivity contribution < 1.29 is 0 Å². The van der Waals surface area contributed by atoms with E-state index in [2.05, 4.69) is 54.2 Å². The van der Waals surface area contributed by atoms with Crippen molar-refractivity contribution in [3.05, 3.63) is 59.0 Å². The molecule has 4 rings (SSSR count). The first-order valence-corrected chi connectivity index (χ1v) is 8.87. The Hall–Kier alpha value is -2.20. The average Bonchev–Trinajstić information content (AvgIpc) is 2.99. The third-order valence-electron chi connectivity index (χ3n) is 4.81. The van der Waals surface area contributed by atoms with Gasteiger partial charge in [-0.1, -0.05) is 24.3 Å². The predicted octanol–water partition coefficient (Wildman–Crippen LogP) is 3.44. The van der Waals surface area contributed by atoms with Gasteiger partial charge >= 0.3 is 0 Å². The Balaban J connectivity index is 1.58. The van der Waals surface area contributed by atoms with Crippen molar-refractivity contribution in [2.24, 2.45) is 0 Å². The second-order valence-corrected chi connectivity index (χ2v) is 6.83. The SMILES string of the molecule is CC(C)n1nc(CCc2ccc3ccccc3n2)c2c1CCNC2. The summed E-state index contributed by atoms with van der Waals surface area (Å²) in [6.07, 6.45) is 2.97. The van der Waals surface area contributed by atoms with Crippen LogP contribution in [0, 0.1) is 0 Å². The van der Waals surface area contributed by atoms with E-state index >= 15 is 0 Å². The summed E-state index contributed by atoms with van der Waals surface area (Å²) in [6, 6.07) is 13.0. The molecule has 2 aromatic heterocycles. The van der Waals surface area contributed by atoms with Gasteiger partial charge in [-0.3, -0.25) is 9.67 Å². The quantitative estimate of drug-likeness (QED) is 0.801. The summed E-state index contributed by atoms with van der Waals surface area (Å²) < 4.78 is 2.22. The summed E-state index contributed by atoms with van der Waals surface area (Å²) in [5, 5.41) is 9.61. The lowest BCUT2D eigenvalue weighted by atomic mass is 10.0. The van der Waals surface area contributed by atoms with Gasteiger partial charge in [0.25, 0.3) is 0 Å². The van der Waals surface area contributed by atoms with Gasteiger partial charge in [0.15, 0.2) is 0 Å². The van der Waals surface area contributed by atoms with Gasteiger partial charge in [-0.05, 0) is 38.8 Å². The standard InChI is InChI=1S/C20H24N4/c1-14(2)24-20-11-12-21-13-17(20)19(23-24)10-9-16-8-7-15-5-3-4-6-18(15)22-16/h3-8,14,21H,9-13H2,1-2H3. The fourth-order valence-corrected chi connectivity index (χ4v) is 3.57. The van der Waals surface area contributed by atoms with Gasteiger partial charge in [-0.2, -0.15) is 5.10 Å². The number of nitrogens with one attached hydrogen (secondary N) is 1. The fraction of sp³-hybridized carbons (Fsp3) is 0.400. The van der Waals surface area contributed by atoms with Crippen molar-refractivity contribution in [3.63, 3.8) is 0 Å². The fourth-order valence-electron chi connectivity index (χ4n) is 3.57. The van der Waals surface area contributed by atoms with Gasteiger partial charge in [-0.25, -0.2) is 0 Å². The molecule has 1 aromatic carbocycles. The third kappa shape index (κ3) is 2.82. The number of hydrogen-bond donors (Lipinski definition) is 1. The highest BCUT2D eigenvalue weighted by Gasteiger charge is 2.21. The number of para-hydroxylation sites is 1. The lowest BCUT2D eigenvalue weighted by molar-refractivity contribution is 0.491. The van der Waals surface area contributed by atoms with E-state index in [0.717, 1.165) is 43.6 Å². The summed E-state index contributed by atoms with van der Waals surface area (Å²) in [5.41, 5.74) is 6.29. The minimum absolute atomic E-state index is 0.421. The van der Waals surface area contributed by atoms with Gasteiger partial charge in [0, 0.05) is 47.9 Å². The van der Waals surface area contributed by atoms with E-state index in [0.29, 0.717) is 6.04 Å². The zero-order valence-electron chi connectivity index (χ0n) is 14.4. The van der Waals surface area contributed by atoms with Crippen molar-refractivity contribution in [3.8, 4) is 0 Å². The molecule has 0 unspecified atom stereocenters. The van der Waals surface area contributed by atoms with Crippen LogP contribution in [0.15, 0.2) is 36.4 Å². The maximum atomic E-state index is 4.92. The topological polar surface area (TPSA) is 42.7 Å². The first kappa shape index (κ1) is 15.3. The van der Waals surface area contributed by atoms with Crippen LogP contribution in [-0.2, 0) is 25.8 Å². The Bertz CT molecular complexity index is 863. The largest absolute Gasteiger partial charge is 0.312 e. The molecule has 4 nitrogen and oxygen atoms in total. The van der Waals surface area contributed by atoms with Gasteiger partial charge in [-0.15, -0.1) is 0 Å². The molecule has 4 heteroatoms. The van der Waals surface area contributed by atoms with E-state index in [1.165, 1.54) is 22.3 Å². The van der Waals surface area contributed by atoms with Crippen LogP contribution in [0.25, 0.3) is 10.9 Å². The Labute approximate surface area is 142 Å². The van der Waals surface area contributed by atoms with Crippen LogP contribution in [0.5, 0.6) is 0 Å². The van der Waals surface area contributed by atoms with Crippen LogP contribution < -0.4 is 5.32 Å². The molecule has 1 aliphatic rings. The normalized spacial score (nSPS) is 14.3. The number of nitrogens with zero attached hydrogens (tertiary/aromatic N) is 3. The van der Waals surface area contributed by atoms with Gasteiger partial charge in [0.1, 0.15) is 0 Å². The molecule has 0 bridgehead atoms. The molecule has 1 N–H and O–H groups in total. The number of pyridine rings is 1. The van der Waals surface area contributed by atoms with E-state index < -0.39 is 0 Å². The zero-order valence-corrected chi connectivity index (χ0v) is 14.4. The molecule has 3 heterocycles. The van der Waals surface area contributed by atoms with Crippen molar-refractivity contribution in [1.82, 2.24) is 20.1 Å². The van der Waals surface area contributed by atoms with Crippen LogP contribution in [0.3, 0.4) is 0 Å². The van der Waals surface area contributed by atoms with E-state index in [1.807, 2.05) is 6.07 Å². The molecule has 0 spiro atoms. The Morgan fingerprint density at radius 3 is 2.88 bits per heavy atom. The summed E-state index contributed by atoms with van der Waals surface area (Å²) >= 11 is 0. The Morgan fingerprint density at radius 2 is 2.00 bits per heavy atom. The first-order valence-electron chi connectivity index (χ1n) is 8.87. The molecule has 0 atom stereocenters. The molecule has 24 heavy (non-hydrogen) atoms. The van der Waals surface area contributed by atoms with Gasteiger partial charge < -0.3 is 5.32 Å². The lowest BCUT2D eigenvalue weighted by Crippen LogP contribution is -2.25. The maximum absolute atomic E-state index is 4.92. The molecule has 124 valence electrons. The number of fused-ring (bicyclic) bond motifs is 2. The molecule has 0 saturated carbocycles. The summed E-state index contributed by atoms with van der Waals surface area (Å²) in [6.45, 7) is 6.42.